The van der Waals surface area contributed by atoms with Crippen LogP contribution in [0.4, 0.5) is 0 Å². The second-order valence-electron chi connectivity index (χ2n) is 4.90. The Morgan fingerprint density at radius 2 is 1.83 bits per heavy atom. The zero-order valence-corrected chi connectivity index (χ0v) is 14.7. The standard InChI is InChI=1S/C14H20ClN3O4S/c1-4-16-14(20)10(2)17-13(19)9-18(3)23(21,22)12-7-5-11(15)6-8-12/h5-8,10H,4,9H2,1-3H3,(H,16,20)(H,17,19). The summed E-state index contributed by atoms with van der Waals surface area (Å²) < 4.78 is 25.6. The van der Waals surface area contributed by atoms with Crippen molar-refractivity contribution in [2.75, 3.05) is 20.1 Å². The SMILES string of the molecule is CCNC(=O)C(C)NC(=O)CN(C)S(=O)(=O)c1ccc(Cl)cc1. The monoisotopic (exact) mass is 361 g/mol. The first-order valence-corrected chi connectivity index (χ1v) is 8.79. The second-order valence-corrected chi connectivity index (χ2v) is 7.38. The van der Waals surface area contributed by atoms with Crippen LogP contribution in [0, 0.1) is 0 Å². The van der Waals surface area contributed by atoms with E-state index in [9.17, 15) is 18.0 Å². The summed E-state index contributed by atoms with van der Waals surface area (Å²) in [6.07, 6.45) is 0. The van der Waals surface area contributed by atoms with E-state index in [0.29, 0.717) is 11.6 Å². The molecule has 0 heterocycles. The molecule has 0 aliphatic heterocycles. The number of hydrogen-bond donors (Lipinski definition) is 2. The van der Waals surface area contributed by atoms with Gasteiger partial charge in [0.25, 0.3) is 0 Å². The molecule has 1 atom stereocenters. The van der Waals surface area contributed by atoms with Gasteiger partial charge < -0.3 is 10.6 Å². The first-order chi connectivity index (χ1) is 10.7. The molecule has 1 aromatic rings. The highest BCUT2D eigenvalue weighted by Crippen LogP contribution is 2.17. The molecule has 7 nitrogen and oxygen atoms in total. The molecule has 0 radical (unpaired) electrons. The minimum absolute atomic E-state index is 0.0361. The number of carbonyl (C=O) groups is 2. The molecule has 0 aliphatic rings. The van der Waals surface area contributed by atoms with Crippen molar-refractivity contribution in [2.45, 2.75) is 24.8 Å². The van der Waals surface area contributed by atoms with Gasteiger partial charge in [0.15, 0.2) is 0 Å². The number of halogens is 1. The minimum atomic E-state index is -3.80. The fourth-order valence-corrected chi connectivity index (χ4v) is 3.01. The maximum Gasteiger partial charge on any atom is 0.243 e. The van der Waals surface area contributed by atoms with Gasteiger partial charge in [-0.05, 0) is 38.1 Å². The van der Waals surface area contributed by atoms with Crippen LogP contribution in [0.1, 0.15) is 13.8 Å². The maximum absolute atomic E-state index is 12.3. The van der Waals surface area contributed by atoms with Crippen LogP contribution in [0.15, 0.2) is 29.2 Å². The minimum Gasteiger partial charge on any atom is -0.355 e. The molecular weight excluding hydrogens is 342 g/mol. The third-order valence-corrected chi connectivity index (χ3v) is 5.08. The molecule has 0 saturated heterocycles. The summed E-state index contributed by atoms with van der Waals surface area (Å²) in [4.78, 5) is 23.5. The number of rotatable bonds is 7. The van der Waals surface area contributed by atoms with Crippen molar-refractivity contribution in [3.05, 3.63) is 29.3 Å². The van der Waals surface area contributed by atoms with Crippen LogP contribution < -0.4 is 10.6 Å². The van der Waals surface area contributed by atoms with Gasteiger partial charge in [0.2, 0.25) is 21.8 Å². The molecule has 2 amide bonds. The van der Waals surface area contributed by atoms with Gasteiger partial charge in [-0.25, -0.2) is 8.42 Å². The Balaban J connectivity index is 2.70. The quantitative estimate of drug-likeness (QED) is 0.743. The van der Waals surface area contributed by atoms with Crippen molar-refractivity contribution in [3.8, 4) is 0 Å². The van der Waals surface area contributed by atoms with Gasteiger partial charge in [-0.2, -0.15) is 4.31 Å². The Kier molecular flexibility index (Phi) is 6.99. The molecule has 0 saturated carbocycles. The van der Waals surface area contributed by atoms with E-state index in [0.717, 1.165) is 4.31 Å². The van der Waals surface area contributed by atoms with Crippen LogP contribution in [0.5, 0.6) is 0 Å². The van der Waals surface area contributed by atoms with Crippen molar-refractivity contribution in [1.29, 1.82) is 0 Å². The molecule has 23 heavy (non-hydrogen) atoms. The van der Waals surface area contributed by atoms with Crippen LogP contribution in [0.3, 0.4) is 0 Å². The molecule has 0 fully saturated rings. The molecule has 1 rings (SSSR count). The number of nitrogens with zero attached hydrogens (tertiary/aromatic N) is 1. The summed E-state index contributed by atoms with van der Waals surface area (Å²) in [6.45, 7) is 3.34. The maximum atomic E-state index is 12.3. The number of sulfonamides is 1. The molecule has 0 aliphatic carbocycles. The molecule has 0 spiro atoms. The van der Waals surface area contributed by atoms with Gasteiger partial charge in [-0.3, -0.25) is 9.59 Å². The number of amides is 2. The lowest BCUT2D eigenvalue weighted by molar-refractivity contribution is -0.128. The highest BCUT2D eigenvalue weighted by Gasteiger charge is 2.24. The Labute approximate surface area is 141 Å². The highest BCUT2D eigenvalue weighted by atomic mass is 35.5. The average molecular weight is 362 g/mol. The van der Waals surface area contributed by atoms with Gasteiger partial charge in [-0.1, -0.05) is 11.6 Å². The van der Waals surface area contributed by atoms with Crippen LogP contribution in [0.2, 0.25) is 5.02 Å². The molecule has 0 aromatic heterocycles. The molecule has 0 bridgehead atoms. The molecule has 1 aromatic carbocycles. The van der Waals surface area contributed by atoms with Crippen molar-refractivity contribution >= 4 is 33.4 Å². The van der Waals surface area contributed by atoms with E-state index < -0.39 is 28.5 Å². The van der Waals surface area contributed by atoms with E-state index in [-0.39, 0.29) is 10.8 Å². The summed E-state index contributed by atoms with van der Waals surface area (Å²) in [7, 11) is -2.51. The summed E-state index contributed by atoms with van der Waals surface area (Å²) in [6, 6.07) is 4.90. The largest absolute Gasteiger partial charge is 0.355 e. The van der Waals surface area contributed by atoms with E-state index in [1.807, 2.05) is 0 Å². The summed E-state index contributed by atoms with van der Waals surface area (Å²) in [5.41, 5.74) is 0. The number of likely N-dealkylation sites (N-methyl/N-ethyl adjacent to an activating group) is 2. The number of nitrogens with one attached hydrogen (secondary N) is 2. The predicted molar refractivity (Wildman–Crippen MR) is 87.6 cm³/mol. The van der Waals surface area contributed by atoms with Crippen molar-refractivity contribution in [1.82, 2.24) is 14.9 Å². The zero-order chi connectivity index (χ0) is 17.6. The third kappa shape index (κ3) is 5.49. The van der Waals surface area contributed by atoms with Crippen LogP contribution in [-0.2, 0) is 19.6 Å². The Hall–Kier alpha value is -1.64. The molecule has 2 N–H and O–H groups in total. The topological polar surface area (TPSA) is 95.6 Å². The Morgan fingerprint density at radius 1 is 1.26 bits per heavy atom. The van der Waals surface area contributed by atoms with Crippen molar-refractivity contribution in [2.24, 2.45) is 0 Å². The van der Waals surface area contributed by atoms with Gasteiger partial charge in [-0.15, -0.1) is 0 Å². The van der Waals surface area contributed by atoms with E-state index in [1.54, 1.807) is 6.92 Å². The lowest BCUT2D eigenvalue weighted by atomic mass is 10.3. The van der Waals surface area contributed by atoms with Crippen molar-refractivity contribution in [3.63, 3.8) is 0 Å². The normalized spacial score (nSPS) is 12.7. The number of hydrogen-bond acceptors (Lipinski definition) is 4. The fourth-order valence-electron chi connectivity index (χ4n) is 1.75. The van der Waals surface area contributed by atoms with Crippen LogP contribution >= 0.6 is 11.6 Å². The zero-order valence-electron chi connectivity index (χ0n) is 13.2. The lowest BCUT2D eigenvalue weighted by Crippen LogP contribution is -2.48. The van der Waals surface area contributed by atoms with Gasteiger partial charge >= 0.3 is 0 Å². The van der Waals surface area contributed by atoms with E-state index in [2.05, 4.69) is 10.6 Å². The number of carbonyl (C=O) groups excluding carboxylic acids is 2. The molecular formula is C14H20ClN3O4S. The molecule has 128 valence electrons. The summed E-state index contributed by atoms with van der Waals surface area (Å²) >= 11 is 5.73. The summed E-state index contributed by atoms with van der Waals surface area (Å²) in [5.74, 6) is -0.896. The Morgan fingerprint density at radius 3 is 2.35 bits per heavy atom. The Bertz CT molecular complexity index is 661. The van der Waals surface area contributed by atoms with Crippen LogP contribution in [0.25, 0.3) is 0 Å². The highest BCUT2D eigenvalue weighted by molar-refractivity contribution is 7.89. The first-order valence-electron chi connectivity index (χ1n) is 6.97. The van der Waals surface area contributed by atoms with E-state index >= 15 is 0 Å². The van der Waals surface area contributed by atoms with Crippen LogP contribution in [-0.4, -0.2) is 50.7 Å². The lowest BCUT2D eigenvalue weighted by Gasteiger charge is -2.19. The second kappa shape index (κ2) is 8.28. The van der Waals surface area contributed by atoms with E-state index in [4.69, 9.17) is 11.6 Å². The first kappa shape index (κ1) is 19.4. The predicted octanol–water partition coefficient (Wildman–Crippen LogP) is 0.601. The smallest absolute Gasteiger partial charge is 0.243 e. The van der Waals surface area contributed by atoms with Gasteiger partial charge in [0, 0.05) is 18.6 Å². The van der Waals surface area contributed by atoms with Crippen molar-refractivity contribution < 1.29 is 18.0 Å². The van der Waals surface area contributed by atoms with Gasteiger partial charge in [0.05, 0.1) is 11.4 Å². The summed E-state index contributed by atoms with van der Waals surface area (Å²) in [5, 5.41) is 5.43. The average Bonchev–Trinajstić information content (AvgIpc) is 2.47. The molecule has 1 unspecified atom stereocenters. The fraction of sp³-hybridized carbons (Fsp3) is 0.429. The number of benzene rings is 1. The van der Waals surface area contributed by atoms with Gasteiger partial charge in [0.1, 0.15) is 6.04 Å². The van der Waals surface area contributed by atoms with E-state index in [1.165, 1.54) is 38.2 Å². The molecule has 9 heteroatoms. The third-order valence-electron chi connectivity index (χ3n) is 3.01.